The van der Waals surface area contributed by atoms with Crippen LogP contribution < -0.4 is 5.32 Å². The monoisotopic (exact) mass is 376 g/mol. The summed E-state index contributed by atoms with van der Waals surface area (Å²) in [6.07, 6.45) is 2.37. The molecule has 0 bridgehead atoms. The number of carbonyl (C=O) groups excluding carboxylic acids is 1. The average Bonchev–Trinajstić information content (AvgIpc) is 2.94. The van der Waals surface area contributed by atoms with E-state index in [1.807, 2.05) is 38.1 Å². The number of unbranched alkanes of at least 4 members (excludes halogenated alkanes) is 2. The molecule has 1 amide bonds. The minimum atomic E-state index is -0.779. The summed E-state index contributed by atoms with van der Waals surface area (Å²) >= 11 is 1.59. The van der Waals surface area contributed by atoms with Gasteiger partial charge in [-0.3, -0.25) is 9.59 Å². The quantitative estimate of drug-likeness (QED) is 0.482. The molecule has 0 saturated heterocycles. The van der Waals surface area contributed by atoms with E-state index in [1.165, 1.54) is 0 Å². The van der Waals surface area contributed by atoms with Crippen LogP contribution in [0, 0.1) is 13.8 Å². The lowest BCUT2D eigenvalue weighted by Gasteiger charge is -2.10. The summed E-state index contributed by atoms with van der Waals surface area (Å²) in [5.41, 5.74) is 2.58. The lowest BCUT2D eigenvalue weighted by molar-refractivity contribution is -0.137. The van der Waals surface area contributed by atoms with E-state index in [2.05, 4.69) is 10.5 Å². The molecule has 6 nitrogen and oxygen atoms in total. The maximum Gasteiger partial charge on any atom is 0.303 e. The number of aromatic nitrogens is 1. The molecule has 1 heterocycles. The maximum absolute atomic E-state index is 12.5. The molecule has 2 rings (SSSR count). The molecule has 2 N–H and O–H groups in total. The molecule has 2 aromatic rings. The third-order valence-corrected chi connectivity index (χ3v) is 5.14. The van der Waals surface area contributed by atoms with Gasteiger partial charge in [0, 0.05) is 29.2 Å². The first-order valence-corrected chi connectivity index (χ1v) is 9.61. The maximum atomic E-state index is 12.5. The van der Waals surface area contributed by atoms with Crippen LogP contribution in [-0.4, -0.2) is 28.7 Å². The molecule has 0 saturated carbocycles. The number of thioether (sulfide) groups is 1. The third-order valence-electron chi connectivity index (χ3n) is 4.04. The summed E-state index contributed by atoms with van der Waals surface area (Å²) in [5.74, 6) is 0.613. The molecule has 0 aliphatic rings. The van der Waals surface area contributed by atoms with Gasteiger partial charge in [0.1, 0.15) is 5.76 Å². The van der Waals surface area contributed by atoms with Crippen molar-refractivity contribution in [3.8, 4) is 0 Å². The molecule has 26 heavy (non-hydrogen) atoms. The summed E-state index contributed by atoms with van der Waals surface area (Å²) in [4.78, 5) is 23.8. The standard InChI is InChI=1S/C19H24N2O4S/c1-13-16(14(2)25-21-13)12-26-17-9-6-5-8-15(17)19(24)20-11-7-3-4-10-18(22)23/h5-6,8-9H,3-4,7,10-12H2,1-2H3,(H,20,24)(H,22,23). The van der Waals surface area contributed by atoms with Gasteiger partial charge in [0.05, 0.1) is 11.3 Å². The topological polar surface area (TPSA) is 92.4 Å². The molecule has 140 valence electrons. The number of aryl methyl sites for hydroxylation is 2. The van der Waals surface area contributed by atoms with E-state index < -0.39 is 5.97 Å². The highest BCUT2D eigenvalue weighted by Crippen LogP contribution is 2.28. The van der Waals surface area contributed by atoms with Crippen LogP contribution in [0.2, 0.25) is 0 Å². The van der Waals surface area contributed by atoms with Gasteiger partial charge >= 0.3 is 5.97 Å². The molecule has 0 fully saturated rings. The zero-order valence-corrected chi connectivity index (χ0v) is 15.9. The first-order chi connectivity index (χ1) is 12.5. The van der Waals surface area contributed by atoms with Crippen molar-refractivity contribution >= 4 is 23.6 Å². The molecule has 0 radical (unpaired) electrons. The Hall–Kier alpha value is -2.28. The third kappa shape index (κ3) is 5.91. The van der Waals surface area contributed by atoms with E-state index in [0.29, 0.717) is 24.3 Å². The molecule has 0 aliphatic carbocycles. The summed E-state index contributed by atoms with van der Waals surface area (Å²) in [7, 11) is 0. The number of benzene rings is 1. The van der Waals surface area contributed by atoms with Gasteiger partial charge in [-0.25, -0.2) is 0 Å². The zero-order chi connectivity index (χ0) is 18.9. The van der Waals surface area contributed by atoms with Crippen LogP contribution in [0.15, 0.2) is 33.7 Å². The fourth-order valence-corrected chi connectivity index (χ4v) is 3.72. The zero-order valence-electron chi connectivity index (χ0n) is 15.1. The SMILES string of the molecule is Cc1noc(C)c1CSc1ccccc1C(=O)NCCCCCC(=O)O. The molecule has 1 aromatic carbocycles. The van der Waals surface area contributed by atoms with E-state index in [9.17, 15) is 9.59 Å². The molecule has 0 spiro atoms. The van der Waals surface area contributed by atoms with Crippen LogP contribution in [0.3, 0.4) is 0 Å². The molecule has 7 heteroatoms. The van der Waals surface area contributed by atoms with E-state index in [-0.39, 0.29) is 12.3 Å². The molecule has 1 aromatic heterocycles. The Kier molecular flexibility index (Phi) is 7.72. The first kappa shape index (κ1) is 20.0. The highest BCUT2D eigenvalue weighted by molar-refractivity contribution is 7.98. The highest BCUT2D eigenvalue weighted by Gasteiger charge is 2.14. The van der Waals surface area contributed by atoms with Crippen molar-refractivity contribution in [2.45, 2.75) is 50.2 Å². The fourth-order valence-electron chi connectivity index (χ4n) is 2.51. The van der Waals surface area contributed by atoms with Crippen LogP contribution in [0.5, 0.6) is 0 Å². The van der Waals surface area contributed by atoms with E-state index in [0.717, 1.165) is 34.8 Å². The Morgan fingerprint density at radius 1 is 1.19 bits per heavy atom. The molecular formula is C19H24N2O4S. The van der Waals surface area contributed by atoms with E-state index >= 15 is 0 Å². The van der Waals surface area contributed by atoms with Gasteiger partial charge < -0.3 is 14.9 Å². The van der Waals surface area contributed by atoms with Gasteiger partial charge in [0.15, 0.2) is 0 Å². The molecule has 0 atom stereocenters. The Bertz CT molecular complexity index is 738. The van der Waals surface area contributed by atoms with Crippen LogP contribution >= 0.6 is 11.8 Å². The number of hydrogen-bond donors (Lipinski definition) is 2. The van der Waals surface area contributed by atoms with Gasteiger partial charge in [-0.2, -0.15) is 0 Å². The first-order valence-electron chi connectivity index (χ1n) is 8.62. The Balaban J connectivity index is 1.87. The lowest BCUT2D eigenvalue weighted by Crippen LogP contribution is -2.25. The number of carbonyl (C=O) groups is 2. The number of aliphatic carboxylic acids is 1. The van der Waals surface area contributed by atoms with Crippen molar-refractivity contribution in [1.29, 1.82) is 0 Å². The van der Waals surface area contributed by atoms with Crippen LogP contribution in [0.1, 0.15) is 53.1 Å². The Labute approximate surface area is 157 Å². The minimum Gasteiger partial charge on any atom is -0.481 e. The normalized spacial score (nSPS) is 10.7. The van der Waals surface area contributed by atoms with Gasteiger partial charge in [-0.1, -0.05) is 23.7 Å². The second-order valence-corrected chi connectivity index (χ2v) is 7.07. The van der Waals surface area contributed by atoms with Crippen molar-refractivity contribution in [1.82, 2.24) is 10.5 Å². The second kappa shape index (κ2) is 10.0. The second-order valence-electron chi connectivity index (χ2n) is 6.05. The number of rotatable bonds is 10. The average molecular weight is 376 g/mol. The number of carboxylic acids is 1. The smallest absolute Gasteiger partial charge is 0.303 e. The number of nitrogens with one attached hydrogen (secondary N) is 1. The summed E-state index contributed by atoms with van der Waals surface area (Å²) in [6, 6.07) is 7.51. The minimum absolute atomic E-state index is 0.106. The van der Waals surface area contributed by atoms with Gasteiger partial charge in [-0.05, 0) is 38.8 Å². The predicted molar refractivity (Wildman–Crippen MR) is 100 cm³/mol. The Morgan fingerprint density at radius 3 is 2.65 bits per heavy atom. The van der Waals surface area contributed by atoms with Gasteiger partial charge in [0.25, 0.3) is 5.91 Å². The van der Waals surface area contributed by atoms with Crippen LogP contribution in [-0.2, 0) is 10.5 Å². The van der Waals surface area contributed by atoms with E-state index in [1.54, 1.807) is 11.8 Å². The van der Waals surface area contributed by atoms with Crippen molar-refractivity contribution in [3.63, 3.8) is 0 Å². The number of carboxylic acid groups (broad SMARTS) is 1. The molecule has 0 unspecified atom stereocenters. The van der Waals surface area contributed by atoms with Crippen molar-refractivity contribution in [2.24, 2.45) is 0 Å². The largest absolute Gasteiger partial charge is 0.481 e. The predicted octanol–water partition coefficient (Wildman–Crippen LogP) is 3.96. The van der Waals surface area contributed by atoms with E-state index in [4.69, 9.17) is 9.63 Å². The van der Waals surface area contributed by atoms with Crippen molar-refractivity contribution in [2.75, 3.05) is 6.54 Å². The lowest BCUT2D eigenvalue weighted by atomic mass is 10.2. The molecular weight excluding hydrogens is 352 g/mol. The van der Waals surface area contributed by atoms with Crippen LogP contribution in [0.25, 0.3) is 0 Å². The summed E-state index contributed by atoms with van der Waals surface area (Å²) in [5, 5.41) is 15.5. The summed E-state index contributed by atoms with van der Waals surface area (Å²) < 4.78 is 5.18. The van der Waals surface area contributed by atoms with Crippen molar-refractivity contribution in [3.05, 3.63) is 46.8 Å². The Morgan fingerprint density at radius 2 is 1.96 bits per heavy atom. The number of hydrogen-bond acceptors (Lipinski definition) is 5. The van der Waals surface area contributed by atoms with Gasteiger partial charge in [-0.15, -0.1) is 11.8 Å². The van der Waals surface area contributed by atoms with Gasteiger partial charge in [0.2, 0.25) is 0 Å². The summed E-state index contributed by atoms with van der Waals surface area (Å²) in [6.45, 7) is 4.34. The fraction of sp³-hybridized carbons (Fsp3) is 0.421. The molecule has 0 aliphatic heterocycles. The van der Waals surface area contributed by atoms with Crippen molar-refractivity contribution < 1.29 is 19.2 Å². The number of amides is 1. The van der Waals surface area contributed by atoms with Crippen LogP contribution in [0.4, 0.5) is 0 Å². The number of nitrogens with zero attached hydrogens (tertiary/aromatic N) is 1. The highest BCUT2D eigenvalue weighted by atomic mass is 32.2.